The number of thiazole rings is 1. The molecule has 196 valence electrons. The summed E-state index contributed by atoms with van der Waals surface area (Å²) in [4.78, 5) is 31.4. The van der Waals surface area contributed by atoms with Gasteiger partial charge in [-0.05, 0) is 47.9 Å². The van der Waals surface area contributed by atoms with Crippen molar-refractivity contribution in [2.45, 2.75) is 13.3 Å². The summed E-state index contributed by atoms with van der Waals surface area (Å²) in [5.41, 5.74) is 5.68. The van der Waals surface area contributed by atoms with Gasteiger partial charge in [-0.15, -0.1) is 11.3 Å². The van der Waals surface area contributed by atoms with Crippen LogP contribution in [0.15, 0.2) is 118 Å². The number of para-hydroxylation sites is 1. The highest BCUT2D eigenvalue weighted by Crippen LogP contribution is 2.35. The van der Waals surface area contributed by atoms with Gasteiger partial charge in [-0.2, -0.15) is 0 Å². The second-order valence-corrected chi connectivity index (χ2v) is 10.3. The molecule has 2 aliphatic rings. The summed E-state index contributed by atoms with van der Waals surface area (Å²) >= 11 is 1.46. The summed E-state index contributed by atoms with van der Waals surface area (Å²) in [6.45, 7) is 2.08. The number of carbonyl (C=O) groups excluding carboxylic acids is 1. The third-order valence-corrected chi connectivity index (χ3v) is 7.64. The molecule has 0 saturated carbocycles. The van der Waals surface area contributed by atoms with Crippen molar-refractivity contribution in [2.24, 2.45) is 0 Å². The number of rotatable bonds is 7. The fourth-order valence-corrected chi connectivity index (χ4v) is 5.43. The van der Waals surface area contributed by atoms with Crippen LogP contribution in [0.3, 0.4) is 0 Å². The fraction of sp³-hybridized carbons (Fsp3) is 0.0606. The SMILES string of the molecule is CCc1sc(NC(=O)c2cc3ccc(=O)cc-3oc2Nc2ccccc2)nc1-c1ccc(-c2ccccc2)cc1. The maximum Gasteiger partial charge on any atom is 0.262 e. The van der Waals surface area contributed by atoms with Crippen LogP contribution in [0.25, 0.3) is 33.7 Å². The molecular formula is C33H25N3O3S. The van der Waals surface area contributed by atoms with E-state index in [1.807, 2.05) is 48.5 Å². The Hall–Kier alpha value is -5.01. The summed E-state index contributed by atoms with van der Waals surface area (Å²) in [6.07, 6.45) is 0.785. The maximum atomic E-state index is 13.6. The van der Waals surface area contributed by atoms with Crippen molar-refractivity contribution in [1.82, 2.24) is 4.98 Å². The van der Waals surface area contributed by atoms with Crippen LogP contribution in [0.5, 0.6) is 0 Å². The number of hydrogen-bond acceptors (Lipinski definition) is 6. The molecule has 1 amide bonds. The Kier molecular flexibility index (Phi) is 6.95. The number of nitrogens with one attached hydrogen (secondary N) is 2. The number of carbonyl (C=O) groups is 1. The van der Waals surface area contributed by atoms with Crippen molar-refractivity contribution in [3.63, 3.8) is 0 Å². The number of aryl methyl sites for hydroxylation is 1. The zero-order valence-electron chi connectivity index (χ0n) is 21.7. The standard InChI is InChI=1S/C33H25N3O3S/c1-2-29-30(23-15-13-22(14-16-23)21-9-5-3-6-10-21)35-33(40-29)36-31(38)27-19-24-17-18-26(37)20-28(24)39-32(27)34-25-11-7-4-8-12-25/h3-20,34H,2H2,1H3,(H,35,36,38). The van der Waals surface area contributed by atoms with Crippen LogP contribution >= 0.6 is 11.3 Å². The molecule has 0 spiro atoms. The van der Waals surface area contributed by atoms with Crippen molar-refractivity contribution in [1.29, 1.82) is 0 Å². The molecule has 3 aromatic carbocycles. The summed E-state index contributed by atoms with van der Waals surface area (Å²) in [7, 11) is 0. The Labute approximate surface area is 235 Å². The van der Waals surface area contributed by atoms with E-state index >= 15 is 0 Å². The van der Waals surface area contributed by atoms with Gasteiger partial charge in [-0.25, -0.2) is 4.98 Å². The number of hydrogen-bond donors (Lipinski definition) is 2. The van der Waals surface area contributed by atoms with Gasteiger partial charge >= 0.3 is 0 Å². The lowest BCUT2D eigenvalue weighted by Gasteiger charge is -2.14. The Morgan fingerprint density at radius 3 is 2.17 bits per heavy atom. The van der Waals surface area contributed by atoms with Crippen LogP contribution < -0.4 is 16.1 Å². The van der Waals surface area contributed by atoms with E-state index in [2.05, 4.69) is 54.0 Å². The van der Waals surface area contributed by atoms with Crippen LogP contribution in [-0.4, -0.2) is 10.9 Å². The predicted molar refractivity (Wildman–Crippen MR) is 162 cm³/mol. The van der Waals surface area contributed by atoms with Crippen molar-refractivity contribution in [3.05, 3.63) is 130 Å². The molecular weight excluding hydrogens is 518 g/mol. The van der Waals surface area contributed by atoms with Crippen molar-refractivity contribution in [2.75, 3.05) is 10.6 Å². The van der Waals surface area contributed by atoms with Gasteiger partial charge in [-0.3, -0.25) is 14.9 Å². The second-order valence-electron chi connectivity index (χ2n) is 9.22. The van der Waals surface area contributed by atoms with Crippen LogP contribution in [0, 0.1) is 0 Å². The van der Waals surface area contributed by atoms with Gasteiger partial charge in [-0.1, -0.05) is 79.7 Å². The molecule has 2 N–H and O–H groups in total. The lowest BCUT2D eigenvalue weighted by atomic mass is 10.0. The number of anilines is 3. The number of benzene rings is 4. The molecule has 2 heterocycles. The van der Waals surface area contributed by atoms with Gasteiger partial charge in [0.1, 0.15) is 11.3 Å². The predicted octanol–water partition coefficient (Wildman–Crippen LogP) is 8.09. The van der Waals surface area contributed by atoms with E-state index in [9.17, 15) is 9.59 Å². The van der Waals surface area contributed by atoms with E-state index in [-0.39, 0.29) is 17.2 Å². The maximum absolute atomic E-state index is 13.6. The third-order valence-electron chi connectivity index (χ3n) is 6.52. The second kappa shape index (κ2) is 11.0. The molecule has 40 heavy (non-hydrogen) atoms. The summed E-state index contributed by atoms with van der Waals surface area (Å²) in [5, 5.41) is 6.65. The summed E-state index contributed by atoms with van der Waals surface area (Å²) in [6, 6.07) is 34.2. The molecule has 0 fully saturated rings. The minimum Gasteiger partial charge on any atom is -0.439 e. The van der Waals surface area contributed by atoms with E-state index in [0.717, 1.165) is 39.4 Å². The Bertz CT molecular complexity index is 1810. The number of amides is 1. The monoisotopic (exact) mass is 543 g/mol. The van der Waals surface area contributed by atoms with E-state index in [0.29, 0.717) is 22.0 Å². The molecule has 1 aliphatic carbocycles. The lowest BCUT2D eigenvalue weighted by Crippen LogP contribution is -2.14. The van der Waals surface area contributed by atoms with E-state index in [1.165, 1.54) is 23.5 Å². The van der Waals surface area contributed by atoms with Gasteiger partial charge in [0, 0.05) is 27.8 Å². The topological polar surface area (TPSA) is 84.2 Å². The summed E-state index contributed by atoms with van der Waals surface area (Å²) in [5.74, 6) is 0.273. The minimum absolute atomic E-state index is 0.168. The molecule has 0 radical (unpaired) electrons. The zero-order valence-corrected chi connectivity index (χ0v) is 22.5. The van der Waals surface area contributed by atoms with E-state index < -0.39 is 0 Å². The highest BCUT2D eigenvalue weighted by molar-refractivity contribution is 7.16. The number of aromatic nitrogens is 1. The van der Waals surface area contributed by atoms with Crippen LogP contribution in [0.4, 0.5) is 16.7 Å². The molecule has 4 aromatic rings. The highest BCUT2D eigenvalue weighted by Gasteiger charge is 2.21. The van der Waals surface area contributed by atoms with Gasteiger partial charge in [0.15, 0.2) is 10.6 Å². The van der Waals surface area contributed by atoms with Gasteiger partial charge < -0.3 is 9.73 Å². The normalized spacial score (nSPS) is 10.9. The van der Waals surface area contributed by atoms with Gasteiger partial charge in [0.05, 0.1) is 5.69 Å². The largest absolute Gasteiger partial charge is 0.439 e. The first-order chi connectivity index (χ1) is 19.6. The highest BCUT2D eigenvalue weighted by atomic mass is 32.1. The average Bonchev–Trinajstić information content (AvgIpc) is 3.40. The van der Waals surface area contributed by atoms with Crippen LogP contribution in [0.1, 0.15) is 22.2 Å². The quantitative estimate of drug-likeness (QED) is 0.213. The molecule has 0 saturated heterocycles. The van der Waals surface area contributed by atoms with Crippen LogP contribution in [0.2, 0.25) is 0 Å². The first-order valence-electron chi connectivity index (χ1n) is 12.9. The first kappa shape index (κ1) is 25.3. The van der Waals surface area contributed by atoms with E-state index in [4.69, 9.17) is 9.40 Å². The first-order valence-corrected chi connectivity index (χ1v) is 13.8. The Morgan fingerprint density at radius 1 is 0.800 bits per heavy atom. The lowest BCUT2D eigenvalue weighted by molar-refractivity contribution is 0.102. The summed E-state index contributed by atoms with van der Waals surface area (Å²) < 4.78 is 6.01. The molecule has 6 nitrogen and oxygen atoms in total. The molecule has 0 unspecified atom stereocenters. The molecule has 0 atom stereocenters. The smallest absolute Gasteiger partial charge is 0.262 e. The molecule has 1 aromatic heterocycles. The minimum atomic E-state index is -0.363. The third kappa shape index (κ3) is 5.28. The fourth-order valence-electron chi connectivity index (χ4n) is 4.51. The van der Waals surface area contributed by atoms with E-state index in [1.54, 1.807) is 12.1 Å². The molecule has 1 aliphatic heterocycles. The Balaban J connectivity index is 1.31. The molecule has 0 bridgehead atoms. The number of nitrogens with zero attached hydrogens (tertiary/aromatic N) is 1. The number of fused-ring (bicyclic) bond motifs is 1. The zero-order chi connectivity index (χ0) is 27.5. The van der Waals surface area contributed by atoms with Crippen molar-refractivity contribution >= 4 is 33.9 Å². The molecule has 6 rings (SSSR count). The Morgan fingerprint density at radius 2 is 1.45 bits per heavy atom. The van der Waals surface area contributed by atoms with Gasteiger partial charge in [0.25, 0.3) is 5.91 Å². The average molecular weight is 544 g/mol. The van der Waals surface area contributed by atoms with Gasteiger partial charge in [0.2, 0.25) is 5.88 Å². The molecule has 7 heteroatoms. The van der Waals surface area contributed by atoms with Crippen molar-refractivity contribution < 1.29 is 9.21 Å². The van der Waals surface area contributed by atoms with Crippen molar-refractivity contribution in [3.8, 4) is 33.7 Å². The van der Waals surface area contributed by atoms with Crippen LogP contribution in [-0.2, 0) is 6.42 Å².